The third-order valence-corrected chi connectivity index (χ3v) is 5.32. The lowest BCUT2D eigenvalue weighted by Gasteiger charge is -2.37. The summed E-state index contributed by atoms with van der Waals surface area (Å²) in [4.78, 5) is 23.1. The molecule has 0 unspecified atom stereocenters. The number of aldehydes is 2. The molecule has 130 valence electrons. The smallest absolute Gasteiger partial charge is 0.184 e. The Morgan fingerprint density at radius 2 is 0.864 bits per heavy atom. The topological polar surface area (TPSA) is 61.8 Å². The standard InChI is InChI=1S/C14H32O5Si3/c1-20(2,3)17-12(10-15)14(19-22(7,8)9)13(11-16)18-21(4,5)6/h10-14H,1-9H3/t12-,13-/m0/s1. The maximum absolute atomic E-state index is 11.6. The highest BCUT2D eigenvalue weighted by atomic mass is 28.4. The summed E-state index contributed by atoms with van der Waals surface area (Å²) in [6, 6.07) is 0. The summed E-state index contributed by atoms with van der Waals surface area (Å²) in [6.45, 7) is 18.1. The van der Waals surface area contributed by atoms with Crippen molar-refractivity contribution in [2.24, 2.45) is 0 Å². The third kappa shape index (κ3) is 9.80. The summed E-state index contributed by atoms with van der Waals surface area (Å²) < 4.78 is 18.0. The number of rotatable bonds is 10. The van der Waals surface area contributed by atoms with Gasteiger partial charge in [0.05, 0.1) is 0 Å². The largest absolute Gasteiger partial charge is 0.409 e. The Morgan fingerprint density at radius 1 is 0.591 bits per heavy atom. The molecule has 0 radical (unpaired) electrons. The van der Waals surface area contributed by atoms with E-state index < -0.39 is 43.3 Å². The van der Waals surface area contributed by atoms with Crippen LogP contribution >= 0.6 is 0 Å². The van der Waals surface area contributed by atoms with Crippen LogP contribution in [-0.2, 0) is 22.9 Å². The molecule has 0 aliphatic heterocycles. The van der Waals surface area contributed by atoms with Gasteiger partial charge in [0.2, 0.25) is 0 Å². The van der Waals surface area contributed by atoms with Gasteiger partial charge in [-0.2, -0.15) is 0 Å². The van der Waals surface area contributed by atoms with Crippen molar-refractivity contribution >= 4 is 37.5 Å². The zero-order valence-electron chi connectivity index (χ0n) is 15.4. The van der Waals surface area contributed by atoms with Crippen LogP contribution in [0.4, 0.5) is 0 Å². The Morgan fingerprint density at radius 3 is 1.05 bits per heavy atom. The summed E-state index contributed by atoms with van der Waals surface area (Å²) >= 11 is 0. The molecule has 0 aromatic carbocycles. The lowest BCUT2D eigenvalue weighted by atomic mass is 10.1. The number of carbonyl (C=O) groups is 2. The highest BCUT2D eigenvalue weighted by Crippen LogP contribution is 2.21. The van der Waals surface area contributed by atoms with Crippen molar-refractivity contribution < 1.29 is 22.9 Å². The highest BCUT2D eigenvalue weighted by Gasteiger charge is 2.39. The molecule has 0 aromatic heterocycles. The van der Waals surface area contributed by atoms with Gasteiger partial charge in [-0.25, -0.2) is 0 Å². The second-order valence-electron chi connectivity index (χ2n) is 8.36. The van der Waals surface area contributed by atoms with Crippen LogP contribution in [0, 0.1) is 0 Å². The molecular formula is C14H32O5Si3. The van der Waals surface area contributed by atoms with Crippen LogP contribution in [0.3, 0.4) is 0 Å². The molecule has 22 heavy (non-hydrogen) atoms. The van der Waals surface area contributed by atoms with Crippen LogP contribution in [0.2, 0.25) is 58.9 Å². The first-order valence-electron chi connectivity index (χ1n) is 7.62. The second-order valence-corrected chi connectivity index (χ2v) is 21.7. The Kier molecular flexibility index (Phi) is 8.07. The van der Waals surface area contributed by atoms with Gasteiger partial charge in [-0.15, -0.1) is 0 Å². The molecular weight excluding hydrogens is 332 g/mol. The van der Waals surface area contributed by atoms with Gasteiger partial charge in [-0.1, -0.05) is 0 Å². The van der Waals surface area contributed by atoms with Gasteiger partial charge in [0.1, 0.15) is 30.9 Å². The fourth-order valence-electron chi connectivity index (χ4n) is 1.89. The quantitative estimate of drug-likeness (QED) is 0.440. The van der Waals surface area contributed by atoms with E-state index in [1.165, 1.54) is 0 Å². The van der Waals surface area contributed by atoms with Crippen LogP contribution in [0.1, 0.15) is 0 Å². The molecule has 0 bridgehead atoms. The zero-order valence-corrected chi connectivity index (χ0v) is 18.4. The van der Waals surface area contributed by atoms with E-state index in [1.807, 2.05) is 58.9 Å². The van der Waals surface area contributed by atoms with Crippen molar-refractivity contribution in [3.05, 3.63) is 0 Å². The molecule has 0 rings (SSSR count). The van der Waals surface area contributed by atoms with Crippen LogP contribution < -0.4 is 0 Å². The van der Waals surface area contributed by atoms with E-state index in [0.29, 0.717) is 0 Å². The maximum Gasteiger partial charge on any atom is 0.184 e. The summed E-state index contributed by atoms with van der Waals surface area (Å²) in [5.74, 6) is 0. The minimum absolute atomic E-state index is 0.680. The molecule has 0 aromatic rings. The Bertz CT molecular complexity index is 340. The maximum atomic E-state index is 11.6. The average molecular weight is 365 g/mol. The molecule has 5 nitrogen and oxygen atoms in total. The lowest BCUT2D eigenvalue weighted by molar-refractivity contribution is -0.128. The minimum atomic E-state index is -1.98. The van der Waals surface area contributed by atoms with Crippen LogP contribution in [0.15, 0.2) is 0 Å². The van der Waals surface area contributed by atoms with Gasteiger partial charge >= 0.3 is 0 Å². The molecule has 0 spiro atoms. The molecule has 0 N–H and O–H groups in total. The third-order valence-electron chi connectivity index (χ3n) is 2.38. The highest BCUT2D eigenvalue weighted by molar-refractivity contribution is 6.70. The molecule has 0 saturated carbocycles. The van der Waals surface area contributed by atoms with Gasteiger partial charge in [-0.05, 0) is 58.9 Å². The first-order valence-corrected chi connectivity index (χ1v) is 17.8. The first kappa shape index (κ1) is 21.9. The predicted octanol–water partition coefficient (Wildman–Crippen LogP) is 3.04. The van der Waals surface area contributed by atoms with Gasteiger partial charge in [0, 0.05) is 0 Å². The number of hydrogen-bond donors (Lipinski definition) is 0. The van der Waals surface area contributed by atoms with Gasteiger partial charge in [0.15, 0.2) is 25.0 Å². The molecule has 8 heteroatoms. The van der Waals surface area contributed by atoms with Crippen molar-refractivity contribution in [2.45, 2.75) is 77.2 Å². The normalized spacial score (nSPS) is 16.5. The minimum Gasteiger partial charge on any atom is -0.409 e. The van der Waals surface area contributed by atoms with E-state index in [2.05, 4.69) is 0 Å². The van der Waals surface area contributed by atoms with Crippen molar-refractivity contribution in [1.82, 2.24) is 0 Å². The number of hydrogen-bond acceptors (Lipinski definition) is 5. The Labute approximate surface area is 138 Å². The predicted molar refractivity (Wildman–Crippen MR) is 96.8 cm³/mol. The summed E-state index contributed by atoms with van der Waals surface area (Å²) in [5, 5.41) is 0. The SMILES string of the molecule is C[Si](C)(C)OC([C@H](C=O)O[Si](C)(C)C)[C@H](C=O)O[Si](C)(C)C. The first-order chi connectivity index (χ1) is 9.68. The van der Waals surface area contributed by atoms with Gasteiger partial charge < -0.3 is 22.9 Å². The Balaban J connectivity index is 5.48. The van der Waals surface area contributed by atoms with E-state index in [1.54, 1.807) is 0 Å². The van der Waals surface area contributed by atoms with Crippen molar-refractivity contribution in [3.8, 4) is 0 Å². The summed E-state index contributed by atoms with van der Waals surface area (Å²) in [6.07, 6.45) is -0.740. The van der Waals surface area contributed by atoms with Crippen LogP contribution in [0.5, 0.6) is 0 Å². The monoisotopic (exact) mass is 364 g/mol. The zero-order chi connectivity index (χ0) is 17.8. The van der Waals surface area contributed by atoms with E-state index in [9.17, 15) is 9.59 Å². The van der Waals surface area contributed by atoms with E-state index in [4.69, 9.17) is 13.3 Å². The molecule has 0 heterocycles. The summed E-state index contributed by atoms with van der Waals surface area (Å²) in [7, 11) is -5.88. The summed E-state index contributed by atoms with van der Waals surface area (Å²) in [5.41, 5.74) is 0. The van der Waals surface area contributed by atoms with E-state index in [0.717, 1.165) is 12.6 Å². The number of carbonyl (C=O) groups excluding carboxylic acids is 2. The average Bonchev–Trinajstić information content (AvgIpc) is 2.27. The molecule has 0 fully saturated rings. The van der Waals surface area contributed by atoms with E-state index in [-0.39, 0.29) is 0 Å². The van der Waals surface area contributed by atoms with Crippen LogP contribution in [0.25, 0.3) is 0 Å². The van der Waals surface area contributed by atoms with Crippen molar-refractivity contribution in [1.29, 1.82) is 0 Å². The Hall–Kier alpha value is -0.129. The fraction of sp³-hybridized carbons (Fsp3) is 0.857. The molecule has 0 amide bonds. The fourth-order valence-corrected chi connectivity index (χ4v) is 4.99. The van der Waals surface area contributed by atoms with Crippen molar-refractivity contribution in [3.63, 3.8) is 0 Å². The lowest BCUT2D eigenvalue weighted by Crippen LogP contribution is -2.54. The van der Waals surface area contributed by atoms with Gasteiger partial charge in [0.25, 0.3) is 0 Å². The van der Waals surface area contributed by atoms with Crippen molar-refractivity contribution in [2.75, 3.05) is 0 Å². The molecule has 2 atom stereocenters. The molecule has 0 aliphatic carbocycles. The second kappa shape index (κ2) is 8.11. The molecule has 0 aliphatic rings. The van der Waals surface area contributed by atoms with E-state index >= 15 is 0 Å². The molecule has 0 saturated heterocycles. The van der Waals surface area contributed by atoms with Crippen LogP contribution in [-0.4, -0.2) is 55.8 Å². The van der Waals surface area contributed by atoms with Gasteiger partial charge in [-0.3, -0.25) is 0 Å².